The molecule has 0 unspecified atom stereocenters. The van der Waals surface area contributed by atoms with E-state index in [-0.39, 0.29) is 27.9 Å². The molecule has 144 valence electrons. The monoisotopic (exact) mass is 420 g/mol. The molecule has 0 aliphatic carbocycles. The number of nitrogens with zero attached hydrogens (tertiary/aromatic N) is 2. The second kappa shape index (κ2) is 8.14. The topological polar surface area (TPSA) is 61.2 Å². The molecule has 0 fully saturated rings. The molecule has 0 saturated heterocycles. The first-order valence-corrected chi connectivity index (χ1v) is 8.32. The minimum absolute atomic E-state index is 0.126. The Labute approximate surface area is 162 Å². The highest BCUT2D eigenvalue weighted by Crippen LogP contribution is 2.30. The summed E-state index contributed by atoms with van der Waals surface area (Å²) in [6.45, 7) is 2.80. The summed E-state index contributed by atoms with van der Waals surface area (Å²) >= 11 is 11.9. The van der Waals surface area contributed by atoms with Crippen LogP contribution < -0.4 is 5.56 Å². The summed E-state index contributed by atoms with van der Waals surface area (Å²) in [6, 6.07) is 4.17. The zero-order chi connectivity index (χ0) is 20.4. The molecule has 1 aromatic carbocycles. The fraction of sp³-hybridized carbons (Fsp3) is 0.235. The lowest BCUT2D eigenvalue weighted by Crippen LogP contribution is -2.27. The van der Waals surface area contributed by atoms with Crippen molar-refractivity contribution in [1.82, 2.24) is 9.78 Å². The SMILES string of the molecule is CCOC(=O)C(Cl)=Cc1cc(-n2ncc(C(F)(F)F)c(C)c2=O)ccc1Cl. The fourth-order valence-electron chi connectivity index (χ4n) is 2.18. The molecule has 1 aromatic heterocycles. The van der Waals surface area contributed by atoms with Gasteiger partial charge in [-0.1, -0.05) is 23.2 Å². The molecule has 5 nitrogen and oxygen atoms in total. The van der Waals surface area contributed by atoms with Gasteiger partial charge in [-0.25, -0.2) is 4.79 Å². The van der Waals surface area contributed by atoms with Crippen molar-refractivity contribution in [3.8, 4) is 5.69 Å². The normalized spacial score (nSPS) is 12.2. The van der Waals surface area contributed by atoms with E-state index in [9.17, 15) is 22.8 Å². The fourth-order valence-corrected chi connectivity index (χ4v) is 2.52. The van der Waals surface area contributed by atoms with E-state index in [1.807, 2.05) is 0 Å². The van der Waals surface area contributed by atoms with Gasteiger partial charge in [-0.15, -0.1) is 0 Å². The van der Waals surface area contributed by atoms with Crippen LogP contribution in [0.15, 0.2) is 34.2 Å². The third kappa shape index (κ3) is 4.70. The number of hydrogen-bond acceptors (Lipinski definition) is 4. The van der Waals surface area contributed by atoms with E-state index >= 15 is 0 Å². The van der Waals surface area contributed by atoms with Crippen LogP contribution in [-0.4, -0.2) is 22.4 Å². The summed E-state index contributed by atoms with van der Waals surface area (Å²) in [7, 11) is 0. The lowest BCUT2D eigenvalue weighted by Gasteiger charge is -2.12. The number of carbonyl (C=O) groups excluding carboxylic acids is 1. The van der Waals surface area contributed by atoms with Crippen molar-refractivity contribution < 1.29 is 22.7 Å². The number of benzene rings is 1. The van der Waals surface area contributed by atoms with Gasteiger partial charge < -0.3 is 4.74 Å². The van der Waals surface area contributed by atoms with Crippen LogP contribution in [-0.2, 0) is 15.7 Å². The van der Waals surface area contributed by atoms with Crippen LogP contribution in [0.2, 0.25) is 5.02 Å². The molecule has 0 aliphatic heterocycles. The van der Waals surface area contributed by atoms with Gasteiger partial charge in [0.1, 0.15) is 5.03 Å². The summed E-state index contributed by atoms with van der Waals surface area (Å²) in [5.74, 6) is -0.763. The van der Waals surface area contributed by atoms with Crippen LogP contribution in [0, 0.1) is 6.92 Å². The predicted octanol–water partition coefficient (Wildman–Crippen LogP) is 4.36. The number of hydrogen-bond donors (Lipinski definition) is 0. The van der Waals surface area contributed by atoms with Crippen molar-refractivity contribution in [2.75, 3.05) is 6.61 Å². The van der Waals surface area contributed by atoms with E-state index in [1.54, 1.807) is 6.92 Å². The smallest absolute Gasteiger partial charge is 0.418 e. The molecule has 0 atom stereocenters. The van der Waals surface area contributed by atoms with Crippen LogP contribution in [0.4, 0.5) is 13.2 Å². The Morgan fingerprint density at radius 1 is 1.37 bits per heavy atom. The minimum atomic E-state index is -4.68. The molecule has 0 bridgehead atoms. The maximum atomic E-state index is 12.9. The van der Waals surface area contributed by atoms with Crippen LogP contribution >= 0.6 is 23.2 Å². The Hall–Kier alpha value is -2.32. The Morgan fingerprint density at radius 2 is 2.04 bits per heavy atom. The average Bonchev–Trinajstić information content (AvgIpc) is 2.58. The largest absolute Gasteiger partial charge is 0.462 e. The zero-order valence-electron chi connectivity index (χ0n) is 14.1. The Kier molecular flexibility index (Phi) is 6.33. The first kappa shape index (κ1) is 21.0. The van der Waals surface area contributed by atoms with Crippen molar-refractivity contribution in [3.05, 3.63) is 61.5 Å². The van der Waals surface area contributed by atoms with Gasteiger partial charge in [0.2, 0.25) is 0 Å². The highest BCUT2D eigenvalue weighted by atomic mass is 35.5. The van der Waals surface area contributed by atoms with Gasteiger partial charge in [-0.2, -0.15) is 23.0 Å². The third-order valence-corrected chi connectivity index (χ3v) is 4.11. The zero-order valence-corrected chi connectivity index (χ0v) is 15.6. The molecule has 27 heavy (non-hydrogen) atoms. The lowest BCUT2D eigenvalue weighted by molar-refractivity contribution is -0.139. The minimum Gasteiger partial charge on any atom is -0.462 e. The molecule has 0 radical (unpaired) electrons. The Morgan fingerprint density at radius 3 is 2.63 bits per heavy atom. The van der Waals surface area contributed by atoms with Crippen LogP contribution in [0.1, 0.15) is 23.6 Å². The molecule has 0 spiro atoms. The number of esters is 1. The summed E-state index contributed by atoms with van der Waals surface area (Å²) < 4.78 is 44.2. The number of halogens is 5. The van der Waals surface area contributed by atoms with Crippen molar-refractivity contribution in [3.63, 3.8) is 0 Å². The standard InChI is InChI=1S/C17H13Cl2F3N2O3/c1-3-27-16(26)14(19)7-10-6-11(4-5-13(10)18)24-15(25)9(2)12(8-23-24)17(20,21)22/h4-8H,3H2,1-2H3. The molecule has 0 aliphatic rings. The molecule has 0 saturated carbocycles. The first-order chi connectivity index (χ1) is 12.6. The van der Waals surface area contributed by atoms with Gasteiger partial charge in [0.05, 0.1) is 24.1 Å². The molecule has 2 rings (SSSR count). The van der Waals surface area contributed by atoms with Crippen LogP contribution in [0.5, 0.6) is 0 Å². The molecule has 0 amide bonds. The predicted molar refractivity (Wildman–Crippen MR) is 95.0 cm³/mol. The highest BCUT2D eigenvalue weighted by Gasteiger charge is 2.34. The summed E-state index contributed by atoms with van der Waals surface area (Å²) in [4.78, 5) is 23.9. The molecule has 10 heteroatoms. The highest BCUT2D eigenvalue weighted by molar-refractivity contribution is 6.43. The van der Waals surface area contributed by atoms with Gasteiger partial charge in [0.25, 0.3) is 5.56 Å². The maximum absolute atomic E-state index is 12.9. The average molecular weight is 421 g/mol. The van der Waals surface area contributed by atoms with Gasteiger partial charge in [0.15, 0.2) is 0 Å². The Balaban J connectivity index is 2.53. The summed E-state index contributed by atoms with van der Waals surface area (Å²) in [6.07, 6.45) is -2.88. The first-order valence-electron chi connectivity index (χ1n) is 7.56. The van der Waals surface area contributed by atoms with Gasteiger partial charge in [-0.05, 0) is 43.7 Å². The van der Waals surface area contributed by atoms with Crippen molar-refractivity contribution in [2.45, 2.75) is 20.0 Å². The Bertz CT molecular complexity index is 969. The number of carbonyl (C=O) groups is 1. The number of alkyl halides is 3. The van der Waals surface area contributed by atoms with Crippen LogP contribution in [0.25, 0.3) is 11.8 Å². The van der Waals surface area contributed by atoms with Gasteiger partial charge in [-0.3, -0.25) is 4.79 Å². The molecule has 2 aromatic rings. The number of aromatic nitrogens is 2. The number of ether oxygens (including phenoxy) is 1. The molecular weight excluding hydrogens is 408 g/mol. The van der Waals surface area contributed by atoms with Crippen molar-refractivity contribution >= 4 is 35.2 Å². The molecular formula is C17H13Cl2F3N2O3. The van der Waals surface area contributed by atoms with Crippen molar-refractivity contribution in [1.29, 1.82) is 0 Å². The third-order valence-electron chi connectivity index (χ3n) is 3.50. The molecule has 0 N–H and O–H groups in total. The maximum Gasteiger partial charge on any atom is 0.418 e. The van der Waals surface area contributed by atoms with Gasteiger partial charge >= 0.3 is 12.1 Å². The molecule has 1 heterocycles. The van der Waals surface area contributed by atoms with Crippen molar-refractivity contribution in [2.24, 2.45) is 0 Å². The van der Waals surface area contributed by atoms with E-state index in [2.05, 4.69) is 5.10 Å². The van der Waals surface area contributed by atoms with E-state index in [0.717, 1.165) is 11.6 Å². The number of rotatable bonds is 4. The lowest BCUT2D eigenvalue weighted by atomic mass is 10.1. The second-order valence-corrected chi connectivity index (χ2v) is 6.13. The quantitative estimate of drug-likeness (QED) is 0.544. The van der Waals surface area contributed by atoms with E-state index < -0.39 is 28.8 Å². The van der Waals surface area contributed by atoms with E-state index in [1.165, 1.54) is 24.3 Å². The summed E-state index contributed by atoms with van der Waals surface area (Å²) in [5.41, 5.74) is -2.12. The second-order valence-electron chi connectivity index (χ2n) is 5.32. The van der Waals surface area contributed by atoms with Crippen LogP contribution in [0.3, 0.4) is 0 Å². The van der Waals surface area contributed by atoms with E-state index in [0.29, 0.717) is 6.20 Å². The summed E-state index contributed by atoms with van der Waals surface area (Å²) in [5, 5.41) is 3.54. The van der Waals surface area contributed by atoms with E-state index in [4.69, 9.17) is 27.9 Å². The van der Waals surface area contributed by atoms with Gasteiger partial charge in [0, 0.05) is 10.6 Å².